The number of rotatable bonds is 6. The molecule has 2 fully saturated rings. The number of nitrogens with zero attached hydrogens (tertiary/aromatic N) is 3. The highest BCUT2D eigenvalue weighted by Crippen LogP contribution is 2.50. The zero-order valence-corrected chi connectivity index (χ0v) is 20.3. The first kappa shape index (κ1) is 23.2. The predicted molar refractivity (Wildman–Crippen MR) is 128 cm³/mol. The number of hydrogen-bond acceptors (Lipinski definition) is 7. The monoisotopic (exact) mass is 463 g/mol. The average molecular weight is 464 g/mol. The lowest BCUT2D eigenvalue weighted by atomic mass is 9.62. The Morgan fingerprint density at radius 3 is 2.44 bits per heavy atom. The molecule has 2 atom stereocenters. The molecule has 1 aromatic heterocycles. The van der Waals surface area contributed by atoms with Crippen LogP contribution < -0.4 is 0 Å². The molecule has 2 N–H and O–H groups in total. The van der Waals surface area contributed by atoms with Crippen LogP contribution in [0.25, 0.3) is 11.5 Å². The summed E-state index contributed by atoms with van der Waals surface area (Å²) in [4.78, 5) is 6.69. The minimum atomic E-state index is -1.22. The van der Waals surface area contributed by atoms with E-state index >= 15 is 0 Å². The summed E-state index contributed by atoms with van der Waals surface area (Å²) in [6.45, 7) is 8.64. The van der Waals surface area contributed by atoms with Crippen LogP contribution in [0.3, 0.4) is 0 Å². The van der Waals surface area contributed by atoms with Crippen LogP contribution in [0.1, 0.15) is 55.6 Å². The Bertz CT molecular complexity index is 1160. The Kier molecular flexibility index (Phi) is 5.64. The van der Waals surface area contributed by atoms with Gasteiger partial charge in [-0.15, -0.1) is 0 Å². The van der Waals surface area contributed by atoms with E-state index in [0.717, 1.165) is 24.2 Å². The van der Waals surface area contributed by atoms with Crippen LogP contribution in [0, 0.1) is 5.41 Å². The molecule has 0 aliphatic carbocycles. The van der Waals surface area contributed by atoms with Gasteiger partial charge < -0.3 is 24.4 Å². The van der Waals surface area contributed by atoms with Gasteiger partial charge in [0.1, 0.15) is 5.60 Å². The Morgan fingerprint density at radius 2 is 1.82 bits per heavy atom. The molecule has 3 aromatic rings. The van der Waals surface area contributed by atoms with E-state index in [1.165, 1.54) is 5.56 Å². The van der Waals surface area contributed by atoms with Crippen molar-refractivity contribution in [3.05, 3.63) is 71.0 Å². The molecule has 180 valence electrons. The number of ether oxygens (including phenoxy) is 1. The summed E-state index contributed by atoms with van der Waals surface area (Å²) in [6.07, 6.45) is 0.435. The molecule has 0 amide bonds. The average Bonchev–Trinajstić information content (AvgIpc) is 3.48. The van der Waals surface area contributed by atoms with Crippen molar-refractivity contribution in [3.63, 3.8) is 0 Å². The molecule has 7 nitrogen and oxygen atoms in total. The summed E-state index contributed by atoms with van der Waals surface area (Å²) in [7, 11) is 2.07. The van der Waals surface area contributed by atoms with Crippen molar-refractivity contribution < 1.29 is 19.5 Å². The summed E-state index contributed by atoms with van der Waals surface area (Å²) in [5.41, 5.74) is 0.799. The van der Waals surface area contributed by atoms with Crippen molar-refractivity contribution in [3.8, 4) is 11.5 Å². The third-order valence-electron chi connectivity index (χ3n) is 7.48. The largest absolute Gasteiger partial charge is 0.380 e. The van der Waals surface area contributed by atoms with E-state index in [2.05, 4.69) is 55.0 Å². The normalized spacial score (nSPS) is 24.2. The molecule has 2 aliphatic rings. The van der Waals surface area contributed by atoms with E-state index in [1.807, 2.05) is 36.4 Å². The second-order valence-corrected chi connectivity index (χ2v) is 10.6. The number of aromatic nitrogens is 2. The SMILES string of the molecule is CC(C)c1ccc(C(O)(c2cccc(-c3nc(C4(O)CCOC4)no3)c2)C2(C)CN(C)C2)cc1. The van der Waals surface area contributed by atoms with Crippen molar-refractivity contribution in [1.29, 1.82) is 0 Å². The van der Waals surface area contributed by atoms with Crippen molar-refractivity contribution in [2.24, 2.45) is 5.41 Å². The van der Waals surface area contributed by atoms with Gasteiger partial charge in [0.25, 0.3) is 5.89 Å². The van der Waals surface area contributed by atoms with E-state index in [9.17, 15) is 10.2 Å². The molecule has 0 bridgehead atoms. The van der Waals surface area contributed by atoms with Crippen LogP contribution >= 0.6 is 0 Å². The zero-order valence-electron chi connectivity index (χ0n) is 20.3. The molecule has 0 spiro atoms. The van der Waals surface area contributed by atoms with Crippen molar-refractivity contribution in [2.45, 2.75) is 44.3 Å². The van der Waals surface area contributed by atoms with Gasteiger partial charge in [-0.25, -0.2) is 0 Å². The Balaban J connectivity index is 1.56. The van der Waals surface area contributed by atoms with Crippen LogP contribution in [0.15, 0.2) is 53.1 Å². The lowest BCUT2D eigenvalue weighted by Crippen LogP contribution is -2.63. The summed E-state index contributed by atoms with van der Waals surface area (Å²) in [6, 6.07) is 16.0. The highest BCUT2D eigenvalue weighted by Gasteiger charge is 2.55. The van der Waals surface area contributed by atoms with Gasteiger partial charge in [0, 0.05) is 30.5 Å². The Morgan fingerprint density at radius 1 is 1.09 bits per heavy atom. The first-order valence-corrected chi connectivity index (χ1v) is 11.9. The fraction of sp³-hybridized carbons (Fsp3) is 0.481. The molecule has 2 aliphatic heterocycles. The first-order chi connectivity index (χ1) is 16.1. The quantitative estimate of drug-likeness (QED) is 0.576. The molecule has 5 rings (SSSR count). The number of aliphatic hydroxyl groups is 2. The number of likely N-dealkylation sites (tertiary alicyclic amines) is 1. The molecule has 2 unspecified atom stereocenters. The minimum Gasteiger partial charge on any atom is -0.380 e. The van der Waals surface area contributed by atoms with Gasteiger partial charge in [0.15, 0.2) is 5.60 Å². The summed E-state index contributed by atoms with van der Waals surface area (Å²) in [5, 5.41) is 27.2. The Hall–Kier alpha value is -2.58. The van der Waals surface area contributed by atoms with Gasteiger partial charge in [0.05, 0.1) is 13.2 Å². The van der Waals surface area contributed by atoms with E-state index in [-0.39, 0.29) is 17.8 Å². The van der Waals surface area contributed by atoms with Gasteiger partial charge >= 0.3 is 0 Å². The third-order valence-corrected chi connectivity index (χ3v) is 7.48. The highest BCUT2D eigenvalue weighted by molar-refractivity contribution is 5.57. The van der Waals surface area contributed by atoms with Crippen LogP contribution in [-0.4, -0.2) is 58.6 Å². The van der Waals surface area contributed by atoms with Gasteiger partial charge in [0.2, 0.25) is 5.82 Å². The first-order valence-electron chi connectivity index (χ1n) is 11.9. The number of benzene rings is 2. The fourth-order valence-corrected chi connectivity index (χ4v) is 5.48. The van der Waals surface area contributed by atoms with E-state index in [0.29, 0.717) is 30.4 Å². The number of hydrogen-bond donors (Lipinski definition) is 2. The molecular weight excluding hydrogens is 430 g/mol. The molecule has 2 saturated heterocycles. The maximum absolute atomic E-state index is 12.4. The van der Waals surface area contributed by atoms with E-state index < -0.39 is 11.2 Å². The molecule has 0 saturated carbocycles. The van der Waals surface area contributed by atoms with Gasteiger partial charge in [-0.1, -0.05) is 62.3 Å². The molecule has 34 heavy (non-hydrogen) atoms. The molecule has 7 heteroatoms. The maximum atomic E-state index is 12.4. The van der Waals surface area contributed by atoms with Crippen molar-refractivity contribution in [1.82, 2.24) is 15.0 Å². The third kappa shape index (κ3) is 3.67. The summed E-state index contributed by atoms with van der Waals surface area (Å²) >= 11 is 0. The molecular formula is C27H33N3O4. The van der Waals surface area contributed by atoms with E-state index in [1.54, 1.807) is 0 Å². The summed E-state index contributed by atoms with van der Waals surface area (Å²) in [5.74, 6) is 0.964. The van der Waals surface area contributed by atoms with Crippen LogP contribution in [-0.2, 0) is 15.9 Å². The highest BCUT2D eigenvalue weighted by atomic mass is 16.5. The Labute approximate surface area is 200 Å². The van der Waals surface area contributed by atoms with Gasteiger partial charge in [-0.05, 0) is 41.8 Å². The van der Waals surface area contributed by atoms with Crippen LogP contribution in [0.4, 0.5) is 0 Å². The van der Waals surface area contributed by atoms with Crippen molar-refractivity contribution >= 4 is 0 Å². The lowest BCUT2D eigenvalue weighted by Gasteiger charge is -2.56. The maximum Gasteiger partial charge on any atom is 0.258 e. The minimum absolute atomic E-state index is 0.157. The van der Waals surface area contributed by atoms with E-state index in [4.69, 9.17) is 9.26 Å². The second-order valence-electron chi connectivity index (χ2n) is 10.6. The zero-order chi connectivity index (χ0) is 24.1. The topological polar surface area (TPSA) is 91.9 Å². The van der Waals surface area contributed by atoms with Crippen LogP contribution in [0.2, 0.25) is 0 Å². The van der Waals surface area contributed by atoms with Gasteiger partial charge in [-0.3, -0.25) is 0 Å². The molecule has 3 heterocycles. The fourth-order valence-electron chi connectivity index (χ4n) is 5.48. The van der Waals surface area contributed by atoms with Gasteiger partial charge in [-0.2, -0.15) is 4.98 Å². The smallest absolute Gasteiger partial charge is 0.258 e. The lowest BCUT2D eigenvalue weighted by molar-refractivity contribution is -0.127. The van der Waals surface area contributed by atoms with Crippen molar-refractivity contribution in [2.75, 3.05) is 33.4 Å². The second kappa shape index (κ2) is 8.27. The summed E-state index contributed by atoms with van der Waals surface area (Å²) < 4.78 is 10.8. The standard InChI is InChI=1S/C27H33N3O4/c1-18(2)19-8-10-21(11-9-19)27(32,25(3)15-30(4)16-25)22-7-5-6-20(14-22)23-28-24(29-34-23)26(31)12-13-33-17-26/h5-11,14,18,31-32H,12-13,15-17H2,1-4H3. The van der Waals surface area contributed by atoms with Crippen LogP contribution in [0.5, 0.6) is 0 Å². The molecule has 2 aromatic carbocycles. The predicted octanol–water partition coefficient (Wildman–Crippen LogP) is 3.66. The molecule has 0 radical (unpaired) electrons.